The monoisotopic (exact) mass is 306 g/mol. The van der Waals surface area contributed by atoms with Gasteiger partial charge in [-0.05, 0) is 25.0 Å². The first-order valence-electron chi connectivity index (χ1n) is 7.98. The minimum atomic E-state index is -0.0594. The molecule has 2 N–H and O–H groups in total. The minimum Gasteiger partial charge on any atom is -0.497 e. The van der Waals surface area contributed by atoms with Crippen molar-refractivity contribution < 1.29 is 14.3 Å². The molecule has 0 radical (unpaired) electrons. The molecule has 0 bridgehead atoms. The summed E-state index contributed by atoms with van der Waals surface area (Å²) in [5.74, 6) is 1.26. The molecule has 122 valence electrons. The second kappa shape index (κ2) is 8.63. The number of methoxy groups -OCH3 is 2. The predicted molar refractivity (Wildman–Crippen MR) is 87.7 cm³/mol. The van der Waals surface area contributed by atoms with Gasteiger partial charge in [-0.15, -0.1) is 0 Å². The number of rotatable bonds is 6. The van der Waals surface area contributed by atoms with Gasteiger partial charge in [0.05, 0.1) is 26.5 Å². The van der Waals surface area contributed by atoms with E-state index in [9.17, 15) is 4.79 Å². The third-order valence-corrected chi connectivity index (χ3v) is 4.09. The highest BCUT2D eigenvalue weighted by molar-refractivity contribution is 5.94. The van der Waals surface area contributed by atoms with Gasteiger partial charge in [-0.3, -0.25) is 4.79 Å². The zero-order valence-electron chi connectivity index (χ0n) is 13.5. The fourth-order valence-electron chi connectivity index (χ4n) is 2.83. The molecule has 0 atom stereocenters. The zero-order valence-corrected chi connectivity index (χ0v) is 13.5. The number of amides is 1. The van der Waals surface area contributed by atoms with Crippen LogP contribution in [0, 0.1) is 0 Å². The summed E-state index contributed by atoms with van der Waals surface area (Å²) in [6.07, 6.45) is 7.45. The molecule has 5 nitrogen and oxygen atoms in total. The second-order valence-corrected chi connectivity index (χ2v) is 5.68. The number of hydrogen-bond acceptors (Lipinski definition) is 4. The van der Waals surface area contributed by atoms with Crippen molar-refractivity contribution in [3.05, 3.63) is 18.2 Å². The van der Waals surface area contributed by atoms with Gasteiger partial charge in [0.1, 0.15) is 11.5 Å². The van der Waals surface area contributed by atoms with E-state index in [0.717, 1.165) is 12.8 Å². The van der Waals surface area contributed by atoms with E-state index >= 15 is 0 Å². The Balaban J connectivity index is 1.88. The quantitative estimate of drug-likeness (QED) is 0.793. The number of benzene rings is 1. The first kappa shape index (κ1) is 16.6. The molecular formula is C17H26N2O3. The summed E-state index contributed by atoms with van der Waals surface area (Å²) in [6.45, 7) is 0.324. The van der Waals surface area contributed by atoms with Gasteiger partial charge in [-0.25, -0.2) is 0 Å². The van der Waals surface area contributed by atoms with Gasteiger partial charge >= 0.3 is 0 Å². The van der Waals surface area contributed by atoms with Crippen LogP contribution in [0.2, 0.25) is 0 Å². The van der Waals surface area contributed by atoms with Crippen LogP contribution in [0.4, 0.5) is 5.69 Å². The molecule has 0 unspecified atom stereocenters. The Morgan fingerprint density at radius 2 is 1.86 bits per heavy atom. The largest absolute Gasteiger partial charge is 0.497 e. The Morgan fingerprint density at radius 3 is 2.50 bits per heavy atom. The number of anilines is 1. The highest BCUT2D eigenvalue weighted by Gasteiger charge is 2.14. The van der Waals surface area contributed by atoms with Crippen LogP contribution in [0.3, 0.4) is 0 Å². The number of ether oxygens (including phenoxy) is 2. The topological polar surface area (TPSA) is 59.6 Å². The number of hydrogen-bond donors (Lipinski definition) is 2. The average molecular weight is 306 g/mol. The van der Waals surface area contributed by atoms with Crippen LogP contribution < -0.4 is 20.1 Å². The van der Waals surface area contributed by atoms with Crippen LogP contribution in [0.5, 0.6) is 11.5 Å². The lowest BCUT2D eigenvalue weighted by Crippen LogP contribution is -2.35. The van der Waals surface area contributed by atoms with Crippen molar-refractivity contribution in [2.75, 3.05) is 26.1 Å². The predicted octanol–water partition coefficient (Wildman–Crippen LogP) is 2.95. The number of nitrogens with one attached hydrogen (secondary N) is 2. The van der Waals surface area contributed by atoms with Crippen molar-refractivity contribution in [3.8, 4) is 11.5 Å². The molecular weight excluding hydrogens is 280 g/mol. The van der Waals surface area contributed by atoms with E-state index in [1.165, 1.54) is 25.7 Å². The Kier molecular flexibility index (Phi) is 6.52. The summed E-state index contributed by atoms with van der Waals surface area (Å²) < 4.78 is 10.4. The maximum Gasteiger partial charge on any atom is 0.238 e. The van der Waals surface area contributed by atoms with Crippen LogP contribution in [0.1, 0.15) is 38.5 Å². The first-order chi connectivity index (χ1) is 10.7. The van der Waals surface area contributed by atoms with Crippen LogP contribution in [-0.4, -0.2) is 32.7 Å². The Hall–Kier alpha value is -1.75. The summed E-state index contributed by atoms with van der Waals surface area (Å²) in [5.41, 5.74) is 0.634. The van der Waals surface area contributed by atoms with Crippen molar-refractivity contribution in [1.29, 1.82) is 0 Å². The van der Waals surface area contributed by atoms with Crippen molar-refractivity contribution in [2.24, 2.45) is 0 Å². The van der Waals surface area contributed by atoms with E-state index < -0.39 is 0 Å². The molecule has 1 aliphatic rings. The van der Waals surface area contributed by atoms with Crippen molar-refractivity contribution in [1.82, 2.24) is 5.32 Å². The molecule has 1 aliphatic carbocycles. The van der Waals surface area contributed by atoms with Gasteiger partial charge in [0.25, 0.3) is 0 Å². The molecule has 0 spiro atoms. The summed E-state index contributed by atoms with van der Waals surface area (Å²) in [7, 11) is 3.18. The maximum absolute atomic E-state index is 12.1. The SMILES string of the molecule is COc1ccc(OC)c(NC(=O)CNC2CCCCCC2)c1. The van der Waals surface area contributed by atoms with E-state index in [1.807, 2.05) is 0 Å². The van der Waals surface area contributed by atoms with Crippen molar-refractivity contribution >= 4 is 11.6 Å². The summed E-state index contributed by atoms with van der Waals surface area (Å²) in [6, 6.07) is 5.81. The number of carbonyl (C=O) groups is 1. The summed E-state index contributed by atoms with van der Waals surface area (Å²) in [4.78, 5) is 12.1. The molecule has 1 amide bonds. The van der Waals surface area contributed by atoms with Crippen molar-refractivity contribution in [2.45, 2.75) is 44.6 Å². The fourth-order valence-corrected chi connectivity index (χ4v) is 2.83. The van der Waals surface area contributed by atoms with Crippen LogP contribution in [0.15, 0.2) is 18.2 Å². The molecule has 0 aliphatic heterocycles. The second-order valence-electron chi connectivity index (χ2n) is 5.68. The van der Waals surface area contributed by atoms with Gasteiger partial charge in [-0.1, -0.05) is 25.7 Å². The van der Waals surface area contributed by atoms with Crippen LogP contribution >= 0.6 is 0 Å². The molecule has 22 heavy (non-hydrogen) atoms. The lowest BCUT2D eigenvalue weighted by Gasteiger charge is -2.16. The lowest BCUT2D eigenvalue weighted by molar-refractivity contribution is -0.115. The minimum absolute atomic E-state index is 0.0594. The highest BCUT2D eigenvalue weighted by atomic mass is 16.5. The van der Waals surface area contributed by atoms with Crippen LogP contribution in [0.25, 0.3) is 0 Å². The lowest BCUT2D eigenvalue weighted by atomic mass is 10.1. The van der Waals surface area contributed by atoms with E-state index in [0.29, 0.717) is 29.8 Å². The van der Waals surface area contributed by atoms with E-state index in [2.05, 4.69) is 10.6 Å². The van der Waals surface area contributed by atoms with E-state index in [-0.39, 0.29) is 5.91 Å². The maximum atomic E-state index is 12.1. The molecule has 1 aromatic rings. The molecule has 0 saturated heterocycles. The molecule has 2 rings (SSSR count). The molecule has 1 fully saturated rings. The third kappa shape index (κ3) is 4.91. The van der Waals surface area contributed by atoms with Gasteiger partial charge in [0.15, 0.2) is 0 Å². The first-order valence-corrected chi connectivity index (χ1v) is 7.98. The highest BCUT2D eigenvalue weighted by Crippen LogP contribution is 2.28. The van der Waals surface area contributed by atoms with Crippen LogP contribution in [-0.2, 0) is 4.79 Å². The molecule has 1 saturated carbocycles. The average Bonchev–Trinajstić information content (AvgIpc) is 2.81. The Morgan fingerprint density at radius 1 is 1.14 bits per heavy atom. The Labute approximate surface area is 132 Å². The zero-order chi connectivity index (χ0) is 15.8. The third-order valence-electron chi connectivity index (χ3n) is 4.09. The standard InChI is InChI=1S/C17H26N2O3/c1-21-14-9-10-16(22-2)15(11-14)19-17(20)12-18-13-7-5-3-4-6-8-13/h9-11,13,18H,3-8,12H2,1-2H3,(H,19,20). The van der Waals surface area contributed by atoms with Gasteiger partial charge in [0, 0.05) is 12.1 Å². The summed E-state index contributed by atoms with van der Waals surface area (Å²) >= 11 is 0. The molecule has 5 heteroatoms. The molecule has 0 heterocycles. The summed E-state index contributed by atoms with van der Waals surface area (Å²) in [5, 5.41) is 6.25. The molecule has 1 aromatic carbocycles. The van der Waals surface area contributed by atoms with Gasteiger partial charge in [-0.2, -0.15) is 0 Å². The fraction of sp³-hybridized carbons (Fsp3) is 0.588. The normalized spacial score (nSPS) is 15.9. The smallest absolute Gasteiger partial charge is 0.238 e. The van der Waals surface area contributed by atoms with Crippen molar-refractivity contribution in [3.63, 3.8) is 0 Å². The Bertz CT molecular complexity index is 483. The number of carbonyl (C=O) groups excluding carboxylic acids is 1. The molecule has 0 aromatic heterocycles. The van der Waals surface area contributed by atoms with Gasteiger partial charge in [0.2, 0.25) is 5.91 Å². The van der Waals surface area contributed by atoms with E-state index in [4.69, 9.17) is 9.47 Å². The van der Waals surface area contributed by atoms with Gasteiger partial charge < -0.3 is 20.1 Å². The van der Waals surface area contributed by atoms with E-state index in [1.54, 1.807) is 32.4 Å².